The Bertz CT molecular complexity index is 1010. The maximum absolute atomic E-state index is 12.7. The zero-order valence-corrected chi connectivity index (χ0v) is 17.1. The highest BCUT2D eigenvalue weighted by atomic mass is 19.4. The maximum atomic E-state index is 12.7. The largest absolute Gasteiger partial charge is 0.508 e. The van der Waals surface area contributed by atoms with E-state index in [0.29, 0.717) is 6.42 Å². The van der Waals surface area contributed by atoms with E-state index in [1.807, 2.05) is 12.3 Å². The zero-order chi connectivity index (χ0) is 22.3. The van der Waals surface area contributed by atoms with Gasteiger partial charge in [-0.1, -0.05) is 12.5 Å². The Morgan fingerprint density at radius 2 is 1.87 bits per heavy atom. The summed E-state index contributed by atoms with van der Waals surface area (Å²) in [5.74, 6) is -0.0340. The molecular weight excluding hydrogens is 407 g/mol. The number of carbonyl (C=O) groups is 1. The molecule has 0 aliphatic heterocycles. The average molecular weight is 433 g/mol. The summed E-state index contributed by atoms with van der Waals surface area (Å²) in [6, 6.07) is 9.91. The lowest BCUT2D eigenvalue weighted by molar-refractivity contribution is -0.137. The van der Waals surface area contributed by atoms with E-state index in [9.17, 15) is 23.1 Å². The normalized spacial score (nSPS) is 11.7. The van der Waals surface area contributed by atoms with Crippen LogP contribution in [-0.2, 0) is 17.4 Å². The summed E-state index contributed by atoms with van der Waals surface area (Å²) in [6.45, 7) is 1.63. The summed E-state index contributed by atoms with van der Waals surface area (Å²) in [7, 11) is 0. The van der Waals surface area contributed by atoms with Crippen molar-refractivity contribution in [3.63, 3.8) is 0 Å². The van der Waals surface area contributed by atoms with Crippen molar-refractivity contribution >= 4 is 22.5 Å². The lowest BCUT2D eigenvalue weighted by atomic mass is 10.1. The summed E-state index contributed by atoms with van der Waals surface area (Å²) in [4.78, 5) is 15.1. The monoisotopic (exact) mass is 433 g/mol. The number of halogens is 3. The number of anilines is 1. The fourth-order valence-corrected chi connectivity index (χ4v) is 3.43. The van der Waals surface area contributed by atoms with Crippen LogP contribution >= 0.6 is 0 Å². The number of fused-ring (bicyclic) bond motifs is 1. The Hall–Kier alpha value is -3.00. The van der Waals surface area contributed by atoms with E-state index < -0.39 is 11.7 Å². The van der Waals surface area contributed by atoms with Crippen molar-refractivity contribution in [1.29, 1.82) is 0 Å². The Morgan fingerprint density at radius 1 is 1.03 bits per heavy atom. The molecule has 0 radical (unpaired) electrons. The highest BCUT2D eigenvalue weighted by Gasteiger charge is 2.30. The minimum atomic E-state index is -4.43. The van der Waals surface area contributed by atoms with E-state index in [-0.39, 0.29) is 23.8 Å². The summed E-state index contributed by atoms with van der Waals surface area (Å²) in [5.41, 5.74) is 1.52. The fourth-order valence-electron chi connectivity index (χ4n) is 3.43. The predicted molar refractivity (Wildman–Crippen MR) is 115 cm³/mol. The Labute approximate surface area is 178 Å². The number of aromatic hydroxyl groups is 1. The molecule has 0 fully saturated rings. The standard InChI is InChI=1S/C23H26F3N3O2/c24-23(25,26)17-5-4-6-18(13-17)29-22(31)7-2-1-3-11-27-12-10-16-15-28-21-9-8-19(30)14-20(16)21/h4-6,8-9,13-15,27-28,30H,1-3,7,10-12H2,(H,29,31). The van der Waals surface area contributed by atoms with Crippen molar-refractivity contribution in [1.82, 2.24) is 10.3 Å². The van der Waals surface area contributed by atoms with Crippen LogP contribution in [0.4, 0.5) is 18.9 Å². The maximum Gasteiger partial charge on any atom is 0.416 e. The van der Waals surface area contributed by atoms with Gasteiger partial charge in [0.2, 0.25) is 5.91 Å². The number of aromatic amines is 1. The van der Waals surface area contributed by atoms with Crippen LogP contribution in [0.2, 0.25) is 0 Å². The molecule has 0 atom stereocenters. The number of alkyl halides is 3. The number of aromatic nitrogens is 1. The molecule has 0 aliphatic carbocycles. The molecule has 1 aromatic heterocycles. The number of phenolic OH excluding ortho intramolecular Hbond substituents is 1. The Balaban J connectivity index is 1.28. The van der Waals surface area contributed by atoms with Crippen LogP contribution in [-0.4, -0.2) is 29.1 Å². The van der Waals surface area contributed by atoms with Crippen molar-refractivity contribution in [2.24, 2.45) is 0 Å². The minimum absolute atomic E-state index is 0.159. The van der Waals surface area contributed by atoms with Crippen LogP contribution < -0.4 is 10.6 Å². The van der Waals surface area contributed by atoms with Gasteiger partial charge < -0.3 is 20.7 Å². The van der Waals surface area contributed by atoms with E-state index >= 15 is 0 Å². The number of unbranched alkanes of at least 4 members (excludes halogenated alkanes) is 2. The van der Waals surface area contributed by atoms with Crippen molar-refractivity contribution < 1.29 is 23.1 Å². The van der Waals surface area contributed by atoms with Crippen LogP contribution in [0.15, 0.2) is 48.7 Å². The van der Waals surface area contributed by atoms with E-state index in [2.05, 4.69) is 15.6 Å². The molecule has 31 heavy (non-hydrogen) atoms. The van der Waals surface area contributed by atoms with Crippen molar-refractivity contribution in [2.75, 3.05) is 18.4 Å². The third-order valence-corrected chi connectivity index (χ3v) is 5.05. The lowest BCUT2D eigenvalue weighted by Crippen LogP contribution is -2.18. The van der Waals surface area contributed by atoms with Crippen LogP contribution in [0, 0.1) is 0 Å². The number of hydrogen-bond acceptors (Lipinski definition) is 3. The van der Waals surface area contributed by atoms with E-state index in [1.165, 1.54) is 12.1 Å². The van der Waals surface area contributed by atoms with Crippen LogP contribution in [0.1, 0.15) is 36.8 Å². The summed E-state index contributed by atoms with van der Waals surface area (Å²) in [6.07, 6.45) is 1.07. The van der Waals surface area contributed by atoms with E-state index in [0.717, 1.165) is 61.0 Å². The van der Waals surface area contributed by atoms with Gasteiger partial charge in [-0.05, 0) is 74.3 Å². The molecule has 0 aliphatic rings. The Kier molecular flexibility index (Phi) is 7.57. The highest BCUT2D eigenvalue weighted by molar-refractivity contribution is 5.90. The third-order valence-electron chi connectivity index (χ3n) is 5.05. The second kappa shape index (κ2) is 10.3. The number of H-pyrrole nitrogens is 1. The molecule has 1 amide bonds. The molecule has 4 N–H and O–H groups in total. The second-order valence-corrected chi connectivity index (χ2v) is 7.48. The van der Waals surface area contributed by atoms with E-state index in [4.69, 9.17) is 0 Å². The Morgan fingerprint density at radius 3 is 2.68 bits per heavy atom. The van der Waals surface area contributed by atoms with E-state index in [1.54, 1.807) is 12.1 Å². The first-order chi connectivity index (χ1) is 14.8. The van der Waals surface area contributed by atoms with Gasteiger partial charge in [0.05, 0.1) is 5.56 Å². The number of carbonyl (C=O) groups excluding carboxylic acids is 1. The van der Waals surface area contributed by atoms with Gasteiger partial charge in [0.25, 0.3) is 0 Å². The molecule has 1 heterocycles. The number of hydrogen-bond donors (Lipinski definition) is 4. The molecule has 0 unspecified atom stereocenters. The molecule has 0 spiro atoms. The van der Waals surface area contributed by atoms with Gasteiger partial charge in [0.15, 0.2) is 0 Å². The molecule has 0 saturated carbocycles. The van der Waals surface area contributed by atoms with Gasteiger partial charge in [-0.3, -0.25) is 4.79 Å². The van der Waals surface area contributed by atoms with Crippen molar-refractivity contribution in [3.8, 4) is 5.75 Å². The van der Waals surface area contributed by atoms with Crippen molar-refractivity contribution in [2.45, 2.75) is 38.3 Å². The third kappa shape index (κ3) is 6.75. The topological polar surface area (TPSA) is 77.2 Å². The molecule has 5 nitrogen and oxygen atoms in total. The van der Waals surface area contributed by atoms with Gasteiger partial charge in [0.1, 0.15) is 5.75 Å². The van der Waals surface area contributed by atoms with Crippen LogP contribution in [0.3, 0.4) is 0 Å². The number of phenols is 1. The quantitative estimate of drug-likeness (QED) is 0.331. The van der Waals surface area contributed by atoms with Gasteiger partial charge in [-0.2, -0.15) is 13.2 Å². The first-order valence-corrected chi connectivity index (χ1v) is 10.3. The first-order valence-electron chi connectivity index (χ1n) is 10.3. The molecule has 8 heteroatoms. The van der Waals surface area contributed by atoms with Crippen molar-refractivity contribution in [3.05, 3.63) is 59.8 Å². The number of benzene rings is 2. The van der Waals surface area contributed by atoms with Crippen LogP contribution in [0.25, 0.3) is 10.9 Å². The fraction of sp³-hybridized carbons (Fsp3) is 0.348. The van der Waals surface area contributed by atoms with Crippen LogP contribution in [0.5, 0.6) is 5.75 Å². The summed E-state index contributed by atoms with van der Waals surface area (Å²) < 4.78 is 38.1. The molecule has 166 valence electrons. The molecule has 2 aromatic carbocycles. The average Bonchev–Trinajstić information content (AvgIpc) is 3.11. The second-order valence-electron chi connectivity index (χ2n) is 7.48. The van der Waals surface area contributed by atoms with Gasteiger partial charge >= 0.3 is 6.18 Å². The first kappa shape index (κ1) is 22.7. The number of rotatable bonds is 10. The van der Waals surface area contributed by atoms with Gasteiger partial charge in [0, 0.05) is 29.2 Å². The SMILES string of the molecule is O=C(CCCCCNCCc1c[nH]c2ccc(O)cc12)Nc1cccc(C(F)(F)F)c1. The highest BCUT2D eigenvalue weighted by Crippen LogP contribution is 2.30. The lowest BCUT2D eigenvalue weighted by Gasteiger charge is -2.10. The molecule has 3 rings (SSSR count). The molecule has 3 aromatic rings. The molecule has 0 saturated heterocycles. The molecule has 0 bridgehead atoms. The summed E-state index contributed by atoms with van der Waals surface area (Å²) in [5, 5.41) is 16.5. The smallest absolute Gasteiger partial charge is 0.416 e. The van der Waals surface area contributed by atoms with Gasteiger partial charge in [-0.15, -0.1) is 0 Å². The number of nitrogens with one attached hydrogen (secondary N) is 3. The zero-order valence-electron chi connectivity index (χ0n) is 17.1. The number of amides is 1. The predicted octanol–water partition coefficient (Wildman–Crippen LogP) is 5.22. The minimum Gasteiger partial charge on any atom is -0.508 e. The summed E-state index contributed by atoms with van der Waals surface area (Å²) >= 11 is 0. The van der Waals surface area contributed by atoms with Gasteiger partial charge in [-0.25, -0.2) is 0 Å². The molecular formula is C23H26F3N3O2.